The van der Waals surface area contributed by atoms with Crippen molar-refractivity contribution in [3.05, 3.63) is 50.7 Å². The predicted octanol–water partition coefficient (Wildman–Crippen LogP) is 3.07. The number of aromatic carboxylic acids is 1. The Morgan fingerprint density at radius 3 is 2.58 bits per heavy atom. The normalized spacial score (nSPS) is 10.8. The van der Waals surface area contributed by atoms with E-state index in [0.717, 1.165) is 11.3 Å². The Balaban J connectivity index is 2.24. The lowest BCUT2D eigenvalue weighted by Gasteiger charge is -2.11. The van der Waals surface area contributed by atoms with Crippen LogP contribution in [0.1, 0.15) is 31.8 Å². The Morgan fingerprint density at radius 1 is 1.29 bits per heavy atom. The van der Waals surface area contributed by atoms with Crippen LogP contribution in [0.5, 0.6) is 11.5 Å². The maximum absolute atomic E-state index is 12.1. The molecule has 0 saturated heterocycles. The van der Waals surface area contributed by atoms with E-state index in [1.54, 1.807) is 18.2 Å². The van der Waals surface area contributed by atoms with Crippen molar-refractivity contribution >= 4 is 40.8 Å². The molecule has 0 saturated carbocycles. The Morgan fingerprint density at radius 2 is 2.00 bits per heavy atom. The fraction of sp³-hybridized carbons (Fsp3) is 0.176. The second-order valence-corrected chi connectivity index (χ2v) is 6.11. The monoisotopic (exact) mass is 365 g/mol. The Kier molecular flexibility index (Phi) is 6.00. The molecule has 0 spiro atoms. The van der Waals surface area contributed by atoms with E-state index in [1.807, 2.05) is 6.92 Å². The van der Waals surface area contributed by atoms with Crippen molar-refractivity contribution in [2.24, 2.45) is 0 Å². The number of thiophene rings is 1. The Hall–Kier alpha value is -2.31. The highest BCUT2D eigenvalue weighted by molar-refractivity contribution is 7.16. The van der Waals surface area contributed by atoms with Gasteiger partial charge in [0.25, 0.3) is 0 Å². The molecule has 0 amide bonds. The summed E-state index contributed by atoms with van der Waals surface area (Å²) in [7, 11) is 1.49. The average molecular weight is 366 g/mol. The molecular weight excluding hydrogens is 352 g/mol. The van der Waals surface area contributed by atoms with Gasteiger partial charge >= 0.3 is 0 Å². The van der Waals surface area contributed by atoms with E-state index in [-0.39, 0.29) is 10.7 Å². The minimum absolute atomic E-state index is 0.0119. The number of allylic oxidation sites excluding steroid dienone is 1. The van der Waals surface area contributed by atoms with E-state index >= 15 is 0 Å². The van der Waals surface area contributed by atoms with Crippen molar-refractivity contribution in [3.63, 3.8) is 0 Å². The predicted molar refractivity (Wildman–Crippen MR) is 91.2 cm³/mol. The van der Waals surface area contributed by atoms with Gasteiger partial charge < -0.3 is 19.4 Å². The molecule has 126 valence electrons. The van der Waals surface area contributed by atoms with Crippen molar-refractivity contribution in [3.8, 4) is 11.5 Å². The lowest BCUT2D eigenvalue weighted by atomic mass is 10.1. The number of halogens is 1. The number of carboxylic acid groups (broad SMARTS) is 1. The van der Waals surface area contributed by atoms with Crippen LogP contribution in [0.2, 0.25) is 5.02 Å². The first-order chi connectivity index (χ1) is 11.5. The van der Waals surface area contributed by atoms with Crippen molar-refractivity contribution in [2.45, 2.75) is 6.92 Å². The van der Waals surface area contributed by atoms with Gasteiger partial charge in [0.05, 0.1) is 34.5 Å². The molecule has 1 aromatic heterocycles. The van der Waals surface area contributed by atoms with Crippen LogP contribution in [-0.4, -0.2) is 25.5 Å². The standard InChI is InChI=1S/C17H15ClO5S/c1-3-23-13-9-10(8-11(18)16(13)22-2)4-5-12(19)14-6-7-15(24-14)17(20)21/h4-9H,3H2,1-2H3,(H,20,21)/p-1/b5-4+. The maximum atomic E-state index is 12.1. The second-order valence-electron chi connectivity index (χ2n) is 4.62. The first-order valence-electron chi connectivity index (χ1n) is 7.00. The minimum Gasteiger partial charge on any atom is -0.544 e. The average Bonchev–Trinajstić information content (AvgIpc) is 3.03. The van der Waals surface area contributed by atoms with Gasteiger partial charge in [-0.05, 0) is 42.8 Å². The number of hydrogen-bond acceptors (Lipinski definition) is 6. The van der Waals surface area contributed by atoms with Crippen molar-refractivity contribution in [1.82, 2.24) is 0 Å². The molecule has 0 aliphatic rings. The fourth-order valence-electron chi connectivity index (χ4n) is 1.98. The third kappa shape index (κ3) is 4.15. The van der Waals surface area contributed by atoms with Crippen LogP contribution in [0.3, 0.4) is 0 Å². The van der Waals surface area contributed by atoms with E-state index in [1.165, 1.54) is 25.3 Å². The highest BCUT2D eigenvalue weighted by atomic mass is 35.5. The smallest absolute Gasteiger partial charge is 0.195 e. The van der Waals surface area contributed by atoms with Gasteiger partial charge in [-0.25, -0.2) is 0 Å². The summed E-state index contributed by atoms with van der Waals surface area (Å²) in [6.45, 7) is 2.28. The van der Waals surface area contributed by atoms with E-state index in [2.05, 4.69) is 0 Å². The van der Waals surface area contributed by atoms with Gasteiger partial charge in [0.15, 0.2) is 17.3 Å². The fourth-order valence-corrected chi connectivity index (χ4v) is 3.04. The highest BCUT2D eigenvalue weighted by Crippen LogP contribution is 2.36. The van der Waals surface area contributed by atoms with Crippen LogP contribution < -0.4 is 14.6 Å². The molecule has 0 aliphatic heterocycles. The number of methoxy groups -OCH3 is 1. The third-order valence-electron chi connectivity index (χ3n) is 3.01. The molecule has 0 N–H and O–H groups in total. The Labute approximate surface area is 148 Å². The van der Waals surface area contributed by atoms with Crippen LogP contribution in [0.4, 0.5) is 0 Å². The molecule has 1 aromatic carbocycles. The van der Waals surface area contributed by atoms with Gasteiger partial charge in [-0.1, -0.05) is 17.7 Å². The van der Waals surface area contributed by atoms with Crippen molar-refractivity contribution in [2.75, 3.05) is 13.7 Å². The molecule has 0 radical (unpaired) electrons. The molecule has 5 nitrogen and oxygen atoms in total. The molecule has 0 bridgehead atoms. The molecule has 2 aromatic rings. The first kappa shape index (κ1) is 18.0. The third-order valence-corrected chi connectivity index (χ3v) is 4.37. The summed E-state index contributed by atoms with van der Waals surface area (Å²) in [6.07, 6.45) is 2.92. The summed E-state index contributed by atoms with van der Waals surface area (Å²) in [5.74, 6) is -0.697. The summed E-state index contributed by atoms with van der Waals surface area (Å²) in [4.78, 5) is 23.2. The van der Waals surface area contributed by atoms with Gasteiger partial charge in [0.2, 0.25) is 0 Å². The highest BCUT2D eigenvalue weighted by Gasteiger charge is 2.11. The summed E-state index contributed by atoms with van der Waals surface area (Å²) in [6, 6.07) is 6.15. The van der Waals surface area contributed by atoms with E-state index in [0.29, 0.717) is 33.6 Å². The summed E-state index contributed by atoms with van der Waals surface area (Å²) < 4.78 is 10.7. The van der Waals surface area contributed by atoms with Crippen LogP contribution in [0.25, 0.3) is 6.08 Å². The van der Waals surface area contributed by atoms with E-state index in [9.17, 15) is 14.7 Å². The van der Waals surface area contributed by atoms with Crippen molar-refractivity contribution in [1.29, 1.82) is 0 Å². The number of ether oxygens (including phenoxy) is 2. The van der Waals surface area contributed by atoms with Gasteiger partial charge in [-0.3, -0.25) is 4.79 Å². The lowest BCUT2D eigenvalue weighted by Crippen LogP contribution is -2.20. The molecule has 0 aliphatic carbocycles. The summed E-state index contributed by atoms with van der Waals surface area (Å²) in [5.41, 5.74) is 0.661. The number of carbonyl (C=O) groups is 2. The van der Waals surface area contributed by atoms with Crippen molar-refractivity contribution < 1.29 is 24.2 Å². The number of hydrogen-bond donors (Lipinski definition) is 0. The number of rotatable bonds is 7. The Bertz CT molecular complexity index is 794. The zero-order valence-electron chi connectivity index (χ0n) is 13.0. The largest absolute Gasteiger partial charge is 0.544 e. The van der Waals surface area contributed by atoms with Crippen LogP contribution in [-0.2, 0) is 0 Å². The van der Waals surface area contributed by atoms with E-state index < -0.39 is 5.97 Å². The number of ketones is 1. The quantitative estimate of drug-likeness (QED) is 0.556. The topological polar surface area (TPSA) is 75.7 Å². The maximum Gasteiger partial charge on any atom is 0.195 e. The number of benzene rings is 1. The first-order valence-corrected chi connectivity index (χ1v) is 8.19. The molecular formula is C17H14ClO5S-. The van der Waals surface area contributed by atoms with Gasteiger partial charge in [0, 0.05) is 0 Å². The summed E-state index contributed by atoms with van der Waals surface area (Å²) >= 11 is 7.02. The molecule has 0 unspecified atom stereocenters. The lowest BCUT2D eigenvalue weighted by molar-refractivity contribution is -0.254. The van der Waals surface area contributed by atoms with Crippen LogP contribution in [0.15, 0.2) is 30.3 Å². The molecule has 24 heavy (non-hydrogen) atoms. The summed E-state index contributed by atoms with van der Waals surface area (Å²) in [5, 5.41) is 11.1. The minimum atomic E-state index is -1.30. The van der Waals surface area contributed by atoms with Gasteiger partial charge in [-0.15, -0.1) is 11.3 Å². The molecule has 2 rings (SSSR count). The zero-order chi connectivity index (χ0) is 17.7. The number of carboxylic acids is 1. The zero-order valence-corrected chi connectivity index (χ0v) is 14.6. The van der Waals surface area contributed by atoms with Gasteiger partial charge in [-0.2, -0.15) is 0 Å². The SMILES string of the molecule is CCOc1cc(/C=C/C(=O)c2ccc(C(=O)[O-])s2)cc(Cl)c1OC. The molecule has 0 fully saturated rings. The number of carbonyl (C=O) groups excluding carboxylic acids is 2. The van der Waals surface area contributed by atoms with Crippen LogP contribution >= 0.6 is 22.9 Å². The van der Waals surface area contributed by atoms with Gasteiger partial charge in [0.1, 0.15) is 0 Å². The van der Waals surface area contributed by atoms with Crippen LogP contribution in [0, 0.1) is 0 Å². The van der Waals surface area contributed by atoms with E-state index in [4.69, 9.17) is 21.1 Å². The molecule has 1 heterocycles. The molecule has 0 atom stereocenters. The second kappa shape index (κ2) is 7.99. The molecule has 7 heteroatoms.